The van der Waals surface area contributed by atoms with Gasteiger partial charge >= 0.3 is 12.2 Å². The second-order valence-electron chi connectivity index (χ2n) is 5.95. The summed E-state index contributed by atoms with van der Waals surface area (Å²) in [6.45, 7) is 5.62. The molecule has 0 aliphatic carbocycles. The van der Waals surface area contributed by atoms with E-state index in [0.29, 0.717) is 17.2 Å². The molecule has 0 atom stereocenters. The molecule has 0 spiro atoms. The number of ether oxygens (including phenoxy) is 2. The van der Waals surface area contributed by atoms with Gasteiger partial charge in [0.2, 0.25) is 0 Å². The van der Waals surface area contributed by atoms with Gasteiger partial charge in [-0.1, -0.05) is 36.4 Å². The molecule has 0 aliphatic heterocycles. The monoisotopic (exact) mass is 382 g/mol. The number of nitrogens with zero attached hydrogens (tertiary/aromatic N) is 3. The van der Waals surface area contributed by atoms with Crippen LogP contribution in [0.4, 0.5) is 15.4 Å². The average Bonchev–Trinajstić information content (AvgIpc) is 3.05. The summed E-state index contributed by atoms with van der Waals surface area (Å²) in [6, 6.07) is 13.2. The molecule has 3 rings (SSSR count). The number of hydrogen-bond donors (Lipinski definition) is 1. The third kappa shape index (κ3) is 3.90. The van der Waals surface area contributed by atoms with E-state index in [9.17, 15) is 9.59 Å². The molecule has 0 aliphatic rings. The Labute approximate surface area is 162 Å². The van der Waals surface area contributed by atoms with Gasteiger partial charge in [-0.3, -0.25) is 4.40 Å². The largest absolute Gasteiger partial charge is 0.449 e. The number of anilines is 1. The maximum Gasteiger partial charge on any atom is 0.435 e. The number of fused-ring (bicyclic) bond motifs is 1. The maximum atomic E-state index is 12.7. The highest BCUT2D eigenvalue weighted by molar-refractivity contribution is 5.94. The molecule has 0 fully saturated rings. The number of hydrazine groups is 1. The number of pyridine rings is 1. The van der Waals surface area contributed by atoms with Crippen LogP contribution in [-0.2, 0) is 9.47 Å². The number of hydrogen-bond acceptors (Lipinski definition) is 5. The molecule has 0 saturated carbocycles. The van der Waals surface area contributed by atoms with Crippen LogP contribution in [0.15, 0.2) is 48.7 Å². The van der Waals surface area contributed by atoms with Crippen molar-refractivity contribution in [3.8, 4) is 11.3 Å². The minimum absolute atomic E-state index is 0.149. The van der Waals surface area contributed by atoms with Crippen LogP contribution in [0.25, 0.3) is 16.9 Å². The normalized spacial score (nSPS) is 10.5. The summed E-state index contributed by atoms with van der Waals surface area (Å²) in [4.78, 5) is 29.4. The molecule has 8 heteroatoms. The number of carbonyl (C=O) groups excluding carboxylic acids is 2. The lowest BCUT2D eigenvalue weighted by Crippen LogP contribution is -2.48. The number of amides is 2. The number of benzene rings is 1. The molecule has 1 aromatic carbocycles. The minimum Gasteiger partial charge on any atom is -0.449 e. The van der Waals surface area contributed by atoms with Crippen LogP contribution in [-0.4, -0.2) is 34.8 Å². The lowest BCUT2D eigenvalue weighted by Gasteiger charge is -2.22. The molecule has 1 N–H and O–H groups in total. The standard InChI is InChI=1S/C20H22N4O4/c1-4-27-19(25)22-24(20(26)28-5-2)18-17(15-9-7-6-8-10-15)21-16-12-11-14(3)13-23(16)18/h6-13H,4-5H2,1-3H3,(H,22,25). The Balaban J connectivity index is 2.21. The van der Waals surface area contributed by atoms with Crippen molar-refractivity contribution in [1.29, 1.82) is 0 Å². The fourth-order valence-corrected chi connectivity index (χ4v) is 2.77. The topological polar surface area (TPSA) is 85.2 Å². The van der Waals surface area contributed by atoms with Crippen molar-refractivity contribution >= 4 is 23.7 Å². The van der Waals surface area contributed by atoms with Crippen molar-refractivity contribution in [2.75, 3.05) is 18.2 Å². The first kappa shape index (κ1) is 19.2. The van der Waals surface area contributed by atoms with Crippen LogP contribution in [0.1, 0.15) is 19.4 Å². The second kappa shape index (κ2) is 8.43. The van der Waals surface area contributed by atoms with Crippen LogP contribution in [0.5, 0.6) is 0 Å². The number of aromatic nitrogens is 2. The molecular weight excluding hydrogens is 360 g/mol. The fourth-order valence-electron chi connectivity index (χ4n) is 2.77. The van der Waals surface area contributed by atoms with Crippen LogP contribution in [0.3, 0.4) is 0 Å². The molecule has 2 heterocycles. The SMILES string of the molecule is CCOC(=O)NN(C(=O)OCC)c1c(-c2ccccc2)nc2ccc(C)cn12. The quantitative estimate of drug-likeness (QED) is 0.691. The van der Waals surface area contributed by atoms with Crippen LogP contribution in [0.2, 0.25) is 0 Å². The molecule has 2 aromatic heterocycles. The van der Waals surface area contributed by atoms with Crippen LogP contribution >= 0.6 is 0 Å². The lowest BCUT2D eigenvalue weighted by molar-refractivity contribution is 0.138. The Bertz CT molecular complexity index is 985. The zero-order chi connectivity index (χ0) is 20.1. The number of nitrogens with one attached hydrogen (secondary N) is 1. The van der Waals surface area contributed by atoms with E-state index < -0.39 is 12.2 Å². The molecule has 2 amide bonds. The van der Waals surface area contributed by atoms with Crippen molar-refractivity contribution in [1.82, 2.24) is 14.8 Å². The van der Waals surface area contributed by atoms with Gasteiger partial charge in [-0.15, -0.1) is 0 Å². The smallest absolute Gasteiger partial charge is 0.435 e. The molecule has 146 valence electrons. The summed E-state index contributed by atoms with van der Waals surface area (Å²) >= 11 is 0. The third-order valence-corrected chi connectivity index (χ3v) is 3.93. The molecule has 3 aromatic rings. The Morgan fingerprint density at radius 1 is 1.07 bits per heavy atom. The third-order valence-electron chi connectivity index (χ3n) is 3.93. The minimum atomic E-state index is -0.767. The number of rotatable bonds is 4. The molecule has 8 nitrogen and oxygen atoms in total. The first-order chi connectivity index (χ1) is 13.5. The summed E-state index contributed by atoms with van der Waals surface area (Å²) in [5.74, 6) is 0.358. The molecular formula is C20H22N4O4. The van der Waals surface area contributed by atoms with Gasteiger partial charge in [0.25, 0.3) is 0 Å². The summed E-state index contributed by atoms with van der Waals surface area (Å²) in [5, 5.41) is 1.03. The molecule has 0 radical (unpaired) electrons. The Morgan fingerprint density at radius 2 is 1.79 bits per heavy atom. The van der Waals surface area contributed by atoms with Gasteiger partial charge in [-0.2, -0.15) is 5.01 Å². The number of aryl methyl sites for hydroxylation is 1. The van der Waals surface area contributed by atoms with Crippen LogP contribution in [0, 0.1) is 6.92 Å². The molecule has 0 bridgehead atoms. The van der Waals surface area contributed by atoms with E-state index in [-0.39, 0.29) is 13.2 Å². The zero-order valence-electron chi connectivity index (χ0n) is 16.0. The van der Waals surface area contributed by atoms with E-state index in [1.54, 1.807) is 18.2 Å². The number of carbonyl (C=O) groups is 2. The van der Waals surface area contributed by atoms with Gasteiger partial charge in [-0.05, 0) is 32.4 Å². The van der Waals surface area contributed by atoms with Crippen molar-refractivity contribution in [3.63, 3.8) is 0 Å². The summed E-state index contributed by atoms with van der Waals surface area (Å²) in [5.41, 5.74) is 5.37. The van der Waals surface area contributed by atoms with Gasteiger partial charge < -0.3 is 9.47 Å². The highest BCUT2D eigenvalue weighted by atomic mass is 16.6. The van der Waals surface area contributed by atoms with E-state index in [0.717, 1.165) is 16.1 Å². The molecule has 28 heavy (non-hydrogen) atoms. The number of imidazole rings is 1. The van der Waals surface area contributed by atoms with E-state index in [1.165, 1.54) is 0 Å². The predicted molar refractivity (Wildman–Crippen MR) is 105 cm³/mol. The van der Waals surface area contributed by atoms with Crippen molar-refractivity contribution < 1.29 is 19.1 Å². The second-order valence-corrected chi connectivity index (χ2v) is 5.95. The van der Waals surface area contributed by atoms with E-state index in [4.69, 9.17) is 9.47 Å². The summed E-state index contributed by atoms with van der Waals surface area (Å²) in [7, 11) is 0. The van der Waals surface area contributed by atoms with Crippen LogP contribution < -0.4 is 10.4 Å². The van der Waals surface area contributed by atoms with Gasteiger partial charge in [0.1, 0.15) is 11.3 Å². The molecule has 0 unspecified atom stereocenters. The lowest BCUT2D eigenvalue weighted by atomic mass is 10.1. The van der Waals surface area contributed by atoms with E-state index in [1.807, 2.05) is 55.6 Å². The van der Waals surface area contributed by atoms with E-state index in [2.05, 4.69) is 10.4 Å². The van der Waals surface area contributed by atoms with Gasteiger partial charge in [0.05, 0.1) is 13.2 Å². The van der Waals surface area contributed by atoms with E-state index >= 15 is 0 Å². The van der Waals surface area contributed by atoms with Gasteiger partial charge in [0.15, 0.2) is 5.82 Å². The highest BCUT2D eigenvalue weighted by Crippen LogP contribution is 2.31. The zero-order valence-corrected chi connectivity index (χ0v) is 16.0. The Hall–Kier alpha value is -3.55. The maximum absolute atomic E-state index is 12.7. The Kier molecular flexibility index (Phi) is 5.78. The fraction of sp³-hybridized carbons (Fsp3) is 0.250. The summed E-state index contributed by atoms with van der Waals surface area (Å²) < 4.78 is 11.8. The highest BCUT2D eigenvalue weighted by Gasteiger charge is 2.28. The van der Waals surface area contributed by atoms with Gasteiger partial charge in [-0.25, -0.2) is 20.0 Å². The van der Waals surface area contributed by atoms with Crippen molar-refractivity contribution in [3.05, 3.63) is 54.2 Å². The van der Waals surface area contributed by atoms with Crippen molar-refractivity contribution in [2.45, 2.75) is 20.8 Å². The summed E-state index contributed by atoms with van der Waals surface area (Å²) in [6.07, 6.45) is 0.330. The first-order valence-electron chi connectivity index (χ1n) is 8.99. The average molecular weight is 382 g/mol. The Morgan fingerprint density at radius 3 is 2.46 bits per heavy atom. The predicted octanol–water partition coefficient (Wildman–Crippen LogP) is 3.93. The van der Waals surface area contributed by atoms with Gasteiger partial charge in [0, 0.05) is 11.8 Å². The first-order valence-corrected chi connectivity index (χ1v) is 8.99. The van der Waals surface area contributed by atoms with Crippen molar-refractivity contribution in [2.24, 2.45) is 0 Å². The molecule has 0 saturated heterocycles.